The number of aromatic nitrogens is 3. The number of rotatable bonds is 4. The van der Waals surface area contributed by atoms with Gasteiger partial charge < -0.3 is 0 Å². The van der Waals surface area contributed by atoms with E-state index in [0.29, 0.717) is 23.2 Å². The smallest absolute Gasteiger partial charge is 0.172 e. The zero-order chi connectivity index (χ0) is 12.5. The molecule has 2 aromatic rings. The van der Waals surface area contributed by atoms with E-state index in [1.54, 1.807) is 0 Å². The van der Waals surface area contributed by atoms with Crippen LogP contribution in [-0.2, 0) is 6.54 Å². The highest BCUT2D eigenvalue weighted by atomic mass is 35.5. The summed E-state index contributed by atoms with van der Waals surface area (Å²) in [5.74, 6) is 0.451. The summed E-state index contributed by atoms with van der Waals surface area (Å²) in [4.78, 5) is 10.9. The molecule has 0 bridgehead atoms. The molecule has 1 aromatic carbocycles. The van der Waals surface area contributed by atoms with Crippen LogP contribution in [0.15, 0.2) is 24.3 Å². The molecule has 0 saturated heterocycles. The lowest BCUT2D eigenvalue weighted by molar-refractivity contribution is 0.111. The highest BCUT2D eigenvalue weighted by Crippen LogP contribution is 2.40. The van der Waals surface area contributed by atoms with Gasteiger partial charge in [0.05, 0.1) is 12.2 Å². The topological polar surface area (TPSA) is 47.8 Å². The molecular formula is C13H12ClN3O. The van der Waals surface area contributed by atoms with Crippen molar-refractivity contribution in [3.05, 3.63) is 46.2 Å². The Morgan fingerprint density at radius 1 is 1.33 bits per heavy atom. The van der Waals surface area contributed by atoms with Crippen LogP contribution in [0.25, 0.3) is 0 Å². The fourth-order valence-electron chi connectivity index (χ4n) is 2.07. The number of nitrogens with zero attached hydrogens (tertiary/aromatic N) is 3. The van der Waals surface area contributed by atoms with E-state index < -0.39 is 0 Å². The molecule has 5 heteroatoms. The van der Waals surface area contributed by atoms with Crippen molar-refractivity contribution in [3.63, 3.8) is 0 Å². The van der Waals surface area contributed by atoms with E-state index in [-0.39, 0.29) is 0 Å². The fraction of sp³-hybridized carbons (Fsp3) is 0.308. The van der Waals surface area contributed by atoms with Crippen molar-refractivity contribution in [1.82, 2.24) is 15.0 Å². The summed E-state index contributed by atoms with van der Waals surface area (Å²) in [7, 11) is 0. The van der Waals surface area contributed by atoms with Crippen molar-refractivity contribution in [3.8, 4) is 0 Å². The first-order valence-corrected chi connectivity index (χ1v) is 6.28. The van der Waals surface area contributed by atoms with Gasteiger partial charge in [0.2, 0.25) is 0 Å². The van der Waals surface area contributed by atoms with Gasteiger partial charge in [0.15, 0.2) is 6.29 Å². The van der Waals surface area contributed by atoms with Crippen molar-refractivity contribution in [2.45, 2.75) is 25.3 Å². The molecule has 0 radical (unpaired) electrons. The molecule has 0 atom stereocenters. The van der Waals surface area contributed by atoms with Crippen LogP contribution in [0, 0.1) is 0 Å². The van der Waals surface area contributed by atoms with Gasteiger partial charge in [-0.1, -0.05) is 28.9 Å². The molecule has 3 rings (SSSR count). The fourth-order valence-corrected chi connectivity index (χ4v) is 2.20. The Labute approximate surface area is 110 Å². The van der Waals surface area contributed by atoms with Crippen LogP contribution in [0.5, 0.6) is 0 Å². The van der Waals surface area contributed by atoms with Crippen LogP contribution in [0.4, 0.5) is 0 Å². The first-order valence-electron chi connectivity index (χ1n) is 5.91. The van der Waals surface area contributed by atoms with Gasteiger partial charge in [0.1, 0.15) is 5.69 Å². The predicted octanol–water partition coefficient (Wildman–Crippen LogP) is 2.67. The summed E-state index contributed by atoms with van der Waals surface area (Å²) >= 11 is 5.85. The maximum absolute atomic E-state index is 10.9. The average Bonchev–Trinajstić information content (AvgIpc) is 3.14. The summed E-state index contributed by atoms with van der Waals surface area (Å²) in [6.07, 6.45) is 3.03. The van der Waals surface area contributed by atoms with Gasteiger partial charge in [0, 0.05) is 10.9 Å². The molecule has 1 saturated carbocycles. The van der Waals surface area contributed by atoms with Crippen molar-refractivity contribution in [2.24, 2.45) is 0 Å². The molecule has 4 nitrogen and oxygen atoms in total. The quantitative estimate of drug-likeness (QED) is 0.795. The second kappa shape index (κ2) is 4.53. The predicted molar refractivity (Wildman–Crippen MR) is 67.9 cm³/mol. The maximum Gasteiger partial charge on any atom is 0.172 e. The van der Waals surface area contributed by atoms with Crippen LogP contribution in [-0.4, -0.2) is 21.3 Å². The highest BCUT2D eigenvalue weighted by molar-refractivity contribution is 6.30. The Kier molecular flexibility index (Phi) is 2.88. The second-order valence-electron chi connectivity index (χ2n) is 4.54. The summed E-state index contributed by atoms with van der Waals surface area (Å²) < 4.78 is 1.82. The number of halogens is 1. The van der Waals surface area contributed by atoms with Crippen molar-refractivity contribution in [2.75, 3.05) is 0 Å². The third-order valence-corrected chi connectivity index (χ3v) is 3.37. The molecule has 1 heterocycles. The molecule has 1 aliphatic rings. The van der Waals surface area contributed by atoms with Crippen LogP contribution < -0.4 is 0 Å². The standard InChI is InChI=1S/C13H12ClN3O/c14-11-5-1-9(2-6-11)7-17-13(10-3-4-10)12(8-18)15-16-17/h1-2,5-6,8,10H,3-4,7H2. The minimum absolute atomic E-state index is 0.451. The molecule has 0 aliphatic heterocycles. The molecule has 0 N–H and O–H groups in total. The Morgan fingerprint density at radius 2 is 2.06 bits per heavy atom. The van der Waals surface area contributed by atoms with Crippen LogP contribution in [0.3, 0.4) is 0 Å². The number of hydrogen-bond acceptors (Lipinski definition) is 3. The zero-order valence-electron chi connectivity index (χ0n) is 9.71. The van der Waals surface area contributed by atoms with Gasteiger partial charge in [-0.3, -0.25) is 4.79 Å². The van der Waals surface area contributed by atoms with Crippen molar-refractivity contribution in [1.29, 1.82) is 0 Å². The first kappa shape index (κ1) is 11.4. The summed E-state index contributed by atoms with van der Waals surface area (Å²) in [5.41, 5.74) is 2.55. The van der Waals surface area contributed by atoms with E-state index in [4.69, 9.17) is 11.6 Å². The van der Waals surface area contributed by atoms with Crippen molar-refractivity contribution < 1.29 is 4.79 Å². The maximum atomic E-state index is 10.9. The third kappa shape index (κ3) is 2.16. The van der Waals surface area contributed by atoms with E-state index in [9.17, 15) is 4.79 Å². The summed E-state index contributed by atoms with van der Waals surface area (Å²) in [6, 6.07) is 7.62. The minimum Gasteiger partial charge on any atom is -0.296 e. The lowest BCUT2D eigenvalue weighted by Crippen LogP contribution is -2.06. The molecule has 0 spiro atoms. The molecule has 1 aliphatic carbocycles. The average molecular weight is 262 g/mol. The van der Waals surface area contributed by atoms with E-state index in [0.717, 1.165) is 30.4 Å². The lowest BCUT2D eigenvalue weighted by Gasteiger charge is -2.06. The number of carbonyl (C=O) groups excluding carboxylic acids is 1. The van der Waals surface area contributed by atoms with E-state index in [2.05, 4.69) is 10.3 Å². The Hall–Kier alpha value is -1.68. The van der Waals surface area contributed by atoms with Gasteiger partial charge in [0.25, 0.3) is 0 Å². The van der Waals surface area contributed by atoms with E-state index in [1.807, 2.05) is 28.9 Å². The lowest BCUT2D eigenvalue weighted by atomic mass is 10.2. The third-order valence-electron chi connectivity index (χ3n) is 3.12. The van der Waals surface area contributed by atoms with E-state index in [1.165, 1.54) is 0 Å². The van der Waals surface area contributed by atoms with Crippen LogP contribution in [0.1, 0.15) is 40.5 Å². The number of hydrogen-bond donors (Lipinski definition) is 0. The number of aldehydes is 1. The van der Waals surface area contributed by atoms with Crippen LogP contribution in [0.2, 0.25) is 5.02 Å². The Balaban J connectivity index is 1.90. The second-order valence-corrected chi connectivity index (χ2v) is 4.97. The van der Waals surface area contributed by atoms with E-state index >= 15 is 0 Å². The van der Waals surface area contributed by atoms with Gasteiger partial charge >= 0.3 is 0 Å². The summed E-state index contributed by atoms with van der Waals surface area (Å²) in [6.45, 7) is 0.629. The molecular weight excluding hydrogens is 250 g/mol. The molecule has 92 valence electrons. The molecule has 1 fully saturated rings. The van der Waals surface area contributed by atoms with Crippen LogP contribution >= 0.6 is 11.6 Å². The van der Waals surface area contributed by atoms with Gasteiger partial charge in [-0.15, -0.1) is 5.10 Å². The summed E-state index contributed by atoms with van der Waals surface area (Å²) in [5, 5.41) is 8.71. The Morgan fingerprint density at radius 3 is 2.67 bits per heavy atom. The number of benzene rings is 1. The van der Waals surface area contributed by atoms with Gasteiger partial charge in [-0.2, -0.15) is 0 Å². The van der Waals surface area contributed by atoms with Gasteiger partial charge in [-0.25, -0.2) is 4.68 Å². The molecule has 0 amide bonds. The monoisotopic (exact) mass is 261 g/mol. The SMILES string of the molecule is O=Cc1nnn(Cc2ccc(Cl)cc2)c1C1CC1. The number of carbonyl (C=O) groups is 1. The minimum atomic E-state index is 0.451. The Bertz CT molecular complexity index is 572. The molecule has 18 heavy (non-hydrogen) atoms. The highest BCUT2D eigenvalue weighted by Gasteiger charge is 2.31. The molecule has 1 aromatic heterocycles. The molecule has 0 unspecified atom stereocenters. The van der Waals surface area contributed by atoms with Crippen molar-refractivity contribution >= 4 is 17.9 Å². The first-order chi connectivity index (χ1) is 8.78. The normalized spacial score (nSPS) is 14.7. The zero-order valence-corrected chi connectivity index (χ0v) is 10.5. The largest absolute Gasteiger partial charge is 0.296 e. The van der Waals surface area contributed by atoms with Gasteiger partial charge in [-0.05, 0) is 30.5 Å².